The summed E-state index contributed by atoms with van der Waals surface area (Å²) in [6.07, 6.45) is -1.87. The van der Waals surface area contributed by atoms with Crippen LogP contribution in [0.3, 0.4) is 0 Å². The SMILES string of the molecule is COc1ccc(CN2C(=O)CN(CCC(=O)O)C(=O)c3cc(CCCCCNC(=N)N)ccc32)cc1.O=C(O)C(F)(F)F. The third-order valence-corrected chi connectivity index (χ3v) is 6.29. The number of guanidine groups is 1. The second-order valence-corrected chi connectivity index (χ2v) is 9.50. The lowest BCUT2D eigenvalue weighted by Gasteiger charge is -2.23. The summed E-state index contributed by atoms with van der Waals surface area (Å²) in [6, 6.07) is 12.9. The first-order valence-corrected chi connectivity index (χ1v) is 13.2. The van der Waals surface area contributed by atoms with Crippen molar-refractivity contribution >= 4 is 35.4 Å². The topological polar surface area (TPSA) is 186 Å². The average Bonchev–Trinajstić information content (AvgIpc) is 3.04. The molecule has 0 saturated heterocycles. The molecule has 0 aliphatic carbocycles. The van der Waals surface area contributed by atoms with Crippen LogP contribution >= 0.6 is 0 Å². The Balaban J connectivity index is 0.000000821. The number of anilines is 1. The molecule has 0 aromatic heterocycles. The van der Waals surface area contributed by atoms with E-state index in [2.05, 4.69) is 5.32 Å². The first-order chi connectivity index (χ1) is 20.2. The van der Waals surface area contributed by atoms with Gasteiger partial charge in [0.05, 0.1) is 31.3 Å². The van der Waals surface area contributed by atoms with Crippen LogP contribution in [0.5, 0.6) is 5.75 Å². The van der Waals surface area contributed by atoms with Gasteiger partial charge in [-0.15, -0.1) is 0 Å². The fourth-order valence-corrected chi connectivity index (χ4v) is 4.12. The Morgan fingerprint density at radius 3 is 2.23 bits per heavy atom. The van der Waals surface area contributed by atoms with Crippen LogP contribution in [0.4, 0.5) is 18.9 Å². The Hall–Kier alpha value is -4.82. The first-order valence-electron chi connectivity index (χ1n) is 13.2. The largest absolute Gasteiger partial charge is 0.497 e. The molecule has 234 valence electrons. The van der Waals surface area contributed by atoms with Crippen LogP contribution in [0, 0.1) is 5.41 Å². The van der Waals surface area contributed by atoms with Crippen LogP contribution in [0.15, 0.2) is 42.5 Å². The Morgan fingerprint density at radius 2 is 1.67 bits per heavy atom. The first kappa shape index (κ1) is 34.4. The number of carbonyl (C=O) groups is 4. The number of carboxylic acid groups (broad SMARTS) is 2. The second-order valence-electron chi connectivity index (χ2n) is 9.50. The predicted molar refractivity (Wildman–Crippen MR) is 150 cm³/mol. The molecule has 0 saturated carbocycles. The summed E-state index contributed by atoms with van der Waals surface area (Å²) < 4.78 is 36.9. The summed E-state index contributed by atoms with van der Waals surface area (Å²) in [4.78, 5) is 49.6. The number of nitrogens with zero attached hydrogens (tertiary/aromatic N) is 2. The fourth-order valence-electron chi connectivity index (χ4n) is 4.12. The fraction of sp³-hybridized carbons (Fsp3) is 0.393. The zero-order chi connectivity index (χ0) is 32.2. The van der Waals surface area contributed by atoms with Crippen molar-refractivity contribution in [2.24, 2.45) is 5.73 Å². The predicted octanol–water partition coefficient (Wildman–Crippen LogP) is 2.99. The Morgan fingerprint density at radius 1 is 1.05 bits per heavy atom. The average molecular weight is 610 g/mol. The lowest BCUT2D eigenvalue weighted by atomic mass is 10.0. The molecule has 0 unspecified atom stereocenters. The number of nitrogens with two attached hydrogens (primary N) is 1. The third-order valence-electron chi connectivity index (χ3n) is 6.29. The molecule has 0 fully saturated rings. The van der Waals surface area contributed by atoms with E-state index < -0.39 is 18.1 Å². The van der Waals surface area contributed by atoms with Gasteiger partial charge in [-0.25, -0.2) is 4.79 Å². The Kier molecular flexibility index (Phi) is 12.8. The number of hydrogen-bond donors (Lipinski definition) is 5. The van der Waals surface area contributed by atoms with E-state index in [0.717, 1.165) is 36.8 Å². The molecule has 1 aliphatic heterocycles. The van der Waals surface area contributed by atoms with Crippen molar-refractivity contribution in [3.8, 4) is 5.75 Å². The number of benzene rings is 2. The van der Waals surface area contributed by atoms with Gasteiger partial charge in [-0.05, 0) is 54.7 Å². The van der Waals surface area contributed by atoms with E-state index >= 15 is 0 Å². The summed E-state index contributed by atoms with van der Waals surface area (Å²) in [5.41, 5.74) is 8.06. The molecule has 0 atom stereocenters. The maximum Gasteiger partial charge on any atom is 0.490 e. The monoisotopic (exact) mass is 609 g/mol. The summed E-state index contributed by atoms with van der Waals surface area (Å²) in [6.45, 7) is 0.690. The van der Waals surface area contributed by atoms with E-state index in [0.29, 0.717) is 23.5 Å². The number of rotatable bonds is 12. The van der Waals surface area contributed by atoms with Crippen molar-refractivity contribution in [1.29, 1.82) is 5.41 Å². The van der Waals surface area contributed by atoms with Crippen LogP contribution in [0.25, 0.3) is 0 Å². The van der Waals surface area contributed by atoms with Crippen LogP contribution in [0.1, 0.15) is 47.2 Å². The van der Waals surface area contributed by atoms with Crippen molar-refractivity contribution in [1.82, 2.24) is 10.2 Å². The number of alkyl halides is 3. The van der Waals surface area contributed by atoms with Crippen LogP contribution < -0.4 is 20.7 Å². The van der Waals surface area contributed by atoms with E-state index in [1.165, 1.54) is 4.90 Å². The number of nitrogens with one attached hydrogen (secondary N) is 2. The molecule has 43 heavy (non-hydrogen) atoms. The van der Waals surface area contributed by atoms with E-state index in [1.807, 2.05) is 42.5 Å². The van der Waals surface area contributed by atoms with Gasteiger partial charge in [0.2, 0.25) is 5.91 Å². The smallest absolute Gasteiger partial charge is 0.490 e. The molecule has 0 spiro atoms. The number of aliphatic carboxylic acids is 2. The quantitative estimate of drug-likeness (QED) is 0.137. The molecule has 6 N–H and O–H groups in total. The molecule has 0 bridgehead atoms. The number of carboxylic acids is 2. The molecule has 2 aromatic carbocycles. The molecular weight excluding hydrogens is 575 g/mol. The minimum absolute atomic E-state index is 0.0386. The van der Waals surface area contributed by atoms with Crippen molar-refractivity contribution in [2.75, 3.05) is 31.6 Å². The Bertz CT molecular complexity index is 1300. The van der Waals surface area contributed by atoms with E-state index in [-0.39, 0.29) is 43.8 Å². The highest BCUT2D eigenvalue weighted by molar-refractivity contribution is 6.09. The van der Waals surface area contributed by atoms with Gasteiger partial charge in [0.15, 0.2) is 5.96 Å². The standard InChI is InChI=1S/C26H33N5O5.C2HF3O2/c1-36-20-9-6-19(7-10-20)16-31-22-11-8-18(5-3-2-4-13-29-26(27)28)15-21(22)25(35)30(17-23(31)32)14-12-24(33)34;3-2(4,5)1(6)7/h6-11,15H,2-5,12-14,16-17H2,1H3,(H,33,34)(H4,27,28,29);(H,6,7). The summed E-state index contributed by atoms with van der Waals surface area (Å²) >= 11 is 0. The number of carbonyl (C=O) groups excluding carboxylic acids is 2. The van der Waals surface area contributed by atoms with Gasteiger partial charge < -0.3 is 35.8 Å². The number of fused-ring (bicyclic) bond motifs is 1. The maximum absolute atomic E-state index is 13.4. The van der Waals surface area contributed by atoms with E-state index in [1.54, 1.807) is 12.0 Å². The lowest BCUT2D eigenvalue weighted by Crippen LogP contribution is -2.40. The molecule has 0 radical (unpaired) electrons. The molecule has 12 nitrogen and oxygen atoms in total. The van der Waals surface area contributed by atoms with Crippen LogP contribution in [-0.4, -0.2) is 77.7 Å². The lowest BCUT2D eigenvalue weighted by molar-refractivity contribution is -0.192. The van der Waals surface area contributed by atoms with Gasteiger partial charge in [0, 0.05) is 13.1 Å². The number of aryl methyl sites for hydroxylation is 1. The van der Waals surface area contributed by atoms with Gasteiger partial charge in [-0.3, -0.25) is 19.8 Å². The molecule has 1 aliphatic rings. The highest BCUT2D eigenvalue weighted by atomic mass is 19.4. The number of methoxy groups -OCH3 is 1. The number of ether oxygens (including phenoxy) is 1. The van der Waals surface area contributed by atoms with Gasteiger partial charge in [-0.2, -0.15) is 13.2 Å². The second kappa shape index (κ2) is 16.0. The van der Waals surface area contributed by atoms with Crippen LogP contribution in [-0.2, 0) is 27.3 Å². The summed E-state index contributed by atoms with van der Waals surface area (Å²) in [5.74, 6) is -3.73. The van der Waals surface area contributed by atoms with Crippen molar-refractivity contribution in [3.63, 3.8) is 0 Å². The third kappa shape index (κ3) is 11.2. The highest BCUT2D eigenvalue weighted by Crippen LogP contribution is 2.29. The van der Waals surface area contributed by atoms with Gasteiger partial charge in [-0.1, -0.05) is 24.6 Å². The molecule has 2 aromatic rings. The number of amides is 2. The molecule has 3 rings (SSSR count). The molecule has 1 heterocycles. The summed E-state index contributed by atoms with van der Waals surface area (Å²) in [7, 11) is 1.58. The Labute approximate surface area is 245 Å². The molecular formula is C28H34F3N5O7. The minimum atomic E-state index is -5.08. The normalized spacial score (nSPS) is 12.9. The van der Waals surface area contributed by atoms with Crippen molar-refractivity contribution < 1.29 is 47.3 Å². The van der Waals surface area contributed by atoms with Gasteiger partial charge in [0.1, 0.15) is 12.3 Å². The van der Waals surface area contributed by atoms with E-state index in [9.17, 15) is 27.6 Å². The number of unbranched alkanes of at least 4 members (excludes halogenated alkanes) is 2. The zero-order valence-electron chi connectivity index (χ0n) is 23.4. The van der Waals surface area contributed by atoms with Gasteiger partial charge >= 0.3 is 18.1 Å². The van der Waals surface area contributed by atoms with Crippen molar-refractivity contribution in [3.05, 3.63) is 59.2 Å². The van der Waals surface area contributed by atoms with Gasteiger partial charge in [0.25, 0.3) is 5.91 Å². The minimum Gasteiger partial charge on any atom is -0.497 e. The number of halogens is 3. The highest BCUT2D eigenvalue weighted by Gasteiger charge is 2.38. The molecule has 2 amide bonds. The maximum atomic E-state index is 13.4. The van der Waals surface area contributed by atoms with E-state index in [4.69, 9.17) is 30.9 Å². The number of hydrogen-bond acceptors (Lipinski definition) is 6. The zero-order valence-corrected chi connectivity index (χ0v) is 23.4. The summed E-state index contributed by atoms with van der Waals surface area (Å²) in [5, 5.41) is 26.2. The van der Waals surface area contributed by atoms with Crippen LogP contribution in [0.2, 0.25) is 0 Å². The van der Waals surface area contributed by atoms with Crippen molar-refractivity contribution in [2.45, 2.75) is 44.8 Å². The molecule has 15 heteroatoms.